The second-order valence-corrected chi connectivity index (χ2v) is 7.64. The highest BCUT2D eigenvalue weighted by Gasteiger charge is 2.32. The van der Waals surface area contributed by atoms with Gasteiger partial charge in [-0.05, 0) is 38.0 Å². The lowest BCUT2D eigenvalue weighted by molar-refractivity contribution is -0.139. The lowest BCUT2D eigenvalue weighted by Crippen LogP contribution is -2.56. The molecular formula is C19H27ClN4O2. The zero-order valence-electron chi connectivity index (χ0n) is 15.2. The Morgan fingerprint density at radius 1 is 1.19 bits per heavy atom. The molecule has 2 heterocycles. The van der Waals surface area contributed by atoms with Gasteiger partial charge in [0.25, 0.3) is 0 Å². The van der Waals surface area contributed by atoms with Crippen LogP contribution in [0.3, 0.4) is 0 Å². The molecule has 0 unspecified atom stereocenters. The zero-order chi connectivity index (χ0) is 18.7. The van der Waals surface area contributed by atoms with Gasteiger partial charge in [-0.15, -0.1) is 0 Å². The van der Waals surface area contributed by atoms with Gasteiger partial charge >= 0.3 is 0 Å². The zero-order valence-corrected chi connectivity index (χ0v) is 16.0. The van der Waals surface area contributed by atoms with Gasteiger partial charge < -0.3 is 15.5 Å². The first kappa shape index (κ1) is 19.0. The number of rotatable bonds is 4. The topological polar surface area (TPSA) is 69.9 Å². The molecule has 2 N–H and O–H groups in total. The van der Waals surface area contributed by atoms with Gasteiger partial charge in [-0.1, -0.05) is 17.7 Å². The second-order valence-electron chi connectivity index (χ2n) is 7.20. The van der Waals surface area contributed by atoms with Crippen LogP contribution >= 0.6 is 11.6 Å². The Labute approximate surface area is 159 Å². The summed E-state index contributed by atoms with van der Waals surface area (Å²) in [4.78, 5) is 30.6. The first-order chi connectivity index (χ1) is 12.5. The van der Waals surface area contributed by atoms with E-state index in [1.807, 2.05) is 30.0 Å². The number of halogens is 1. The van der Waals surface area contributed by atoms with Crippen LogP contribution in [0.5, 0.6) is 0 Å². The molecule has 2 saturated heterocycles. The summed E-state index contributed by atoms with van der Waals surface area (Å²) in [6.45, 7) is 6.52. The molecule has 2 aliphatic rings. The molecule has 0 aliphatic carbocycles. The smallest absolute Gasteiger partial charge is 0.239 e. The molecule has 2 atom stereocenters. The van der Waals surface area contributed by atoms with Crippen LogP contribution in [0, 0.1) is 5.92 Å². The average molecular weight is 379 g/mol. The molecule has 2 fully saturated rings. The monoisotopic (exact) mass is 378 g/mol. The Morgan fingerprint density at radius 2 is 1.92 bits per heavy atom. The summed E-state index contributed by atoms with van der Waals surface area (Å²) in [6.07, 6.45) is 1.63. The van der Waals surface area contributed by atoms with Crippen molar-refractivity contribution in [3.8, 4) is 0 Å². The van der Waals surface area contributed by atoms with Gasteiger partial charge in [0.05, 0.1) is 12.0 Å². The molecule has 1 aromatic carbocycles. The Kier molecular flexibility index (Phi) is 6.04. The van der Waals surface area contributed by atoms with Gasteiger partial charge in [0, 0.05) is 50.0 Å². The van der Waals surface area contributed by atoms with E-state index in [2.05, 4.69) is 15.9 Å². The Morgan fingerprint density at radius 3 is 2.58 bits per heavy atom. The van der Waals surface area contributed by atoms with E-state index < -0.39 is 0 Å². The molecule has 0 spiro atoms. The van der Waals surface area contributed by atoms with Crippen LogP contribution in [-0.4, -0.2) is 66.9 Å². The Balaban J connectivity index is 1.55. The quantitative estimate of drug-likeness (QED) is 0.863. The molecule has 0 radical (unpaired) electrons. The highest BCUT2D eigenvalue weighted by molar-refractivity contribution is 6.30. The third-order valence-electron chi connectivity index (χ3n) is 5.53. The van der Waals surface area contributed by atoms with Crippen molar-refractivity contribution in [2.75, 3.05) is 44.2 Å². The van der Waals surface area contributed by atoms with Crippen molar-refractivity contribution in [3.63, 3.8) is 0 Å². The largest absolute Gasteiger partial charge is 0.369 e. The Hall–Kier alpha value is -1.79. The van der Waals surface area contributed by atoms with Gasteiger partial charge in [-0.25, -0.2) is 0 Å². The van der Waals surface area contributed by atoms with E-state index in [1.165, 1.54) is 0 Å². The summed E-state index contributed by atoms with van der Waals surface area (Å²) in [5.41, 5.74) is 6.55. The SMILES string of the molecule is C[C@H](C(=O)N1CCC[C@H](C(N)=O)C1)N1CCN(c2cccc(Cl)c2)CC1. The van der Waals surface area contributed by atoms with E-state index in [0.717, 1.165) is 56.3 Å². The number of primary amides is 1. The molecule has 0 saturated carbocycles. The highest BCUT2D eigenvalue weighted by Crippen LogP contribution is 2.22. The lowest BCUT2D eigenvalue weighted by atomic mass is 9.97. The van der Waals surface area contributed by atoms with E-state index in [9.17, 15) is 9.59 Å². The van der Waals surface area contributed by atoms with Gasteiger partial charge in [0.1, 0.15) is 0 Å². The van der Waals surface area contributed by atoms with E-state index >= 15 is 0 Å². The van der Waals surface area contributed by atoms with Crippen LogP contribution < -0.4 is 10.6 Å². The maximum absolute atomic E-state index is 12.9. The molecule has 142 valence electrons. The second kappa shape index (κ2) is 8.27. The van der Waals surface area contributed by atoms with E-state index in [-0.39, 0.29) is 23.8 Å². The van der Waals surface area contributed by atoms with Crippen molar-refractivity contribution in [1.29, 1.82) is 0 Å². The molecular weight excluding hydrogens is 352 g/mol. The highest BCUT2D eigenvalue weighted by atomic mass is 35.5. The molecule has 3 rings (SSSR count). The van der Waals surface area contributed by atoms with Crippen LogP contribution in [0.2, 0.25) is 5.02 Å². The minimum atomic E-state index is -0.301. The molecule has 6 nitrogen and oxygen atoms in total. The summed E-state index contributed by atoms with van der Waals surface area (Å²) in [7, 11) is 0. The predicted octanol–water partition coefficient (Wildman–Crippen LogP) is 1.57. The number of piperidine rings is 1. The van der Waals surface area contributed by atoms with Crippen LogP contribution in [0.1, 0.15) is 19.8 Å². The van der Waals surface area contributed by atoms with Crippen molar-refractivity contribution in [2.45, 2.75) is 25.8 Å². The van der Waals surface area contributed by atoms with Crippen molar-refractivity contribution < 1.29 is 9.59 Å². The van der Waals surface area contributed by atoms with Gasteiger partial charge in [0.15, 0.2) is 0 Å². The molecule has 26 heavy (non-hydrogen) atoms. The van der Waals surface area contributed by atoms with E-state index in [0.29, 0.717) is 6.54 Å². The fraction of sp³-hybridized carbons (Fsp3) is 0.579. The van der Waals surface area contributed by atoms with Crippen molar-refractivity contribution >= 4 is 29.1 Å². The average Bonchev–Trinajstić information content (AvgIpc) is 2.67. The fourth-order valence-electron chi connectivity index (χ4n) is 3.87. The Bertz CT molecular complexity index is 661. The normalized spacial score (nSPS) is 22.9. The van der Waals surface area contributed by atoms with E-state index in [1.54, 1.807) is 0 Å². The van der Waals surface area contributed by atoms with Crippen LogP contribution in [0.4, 0.5) is 5.69 Å². The number of benzene rings is 1. The number of amides is 2. The maximum atomic E-state index is 12.9. The summed E-state index contributed by atoms with van der Waals surface area (Å²) < 4.78 is 0. The van der Waals surface area contributed by atoms with Crippen molar-refractivity contribution in [1.82, 2.24) is 9.80 Å². The first-order valence-electron chi connectivity index (χ1n) is 9.28. The number of carbonyl (C=O) groups is 2. The minimum Gasteiger partial charge on any atom is -0.369 e. The van der Waals surface area contributed by atoms with Crippen molar-refractivity contribution in [2.24, 2.45) is 11.7 Å². The number of hydrogen-bond donors (Lipinski definition) is 1. The number of piperazine rings is 1. The standard InChI is InChI=1S/C19H27ClN4O2/c1-14(19(26)24-7-3-4-15(13-24)18(21)25)22-8-10-23(11-9-22)17-6-2-5-16(20)12-17/h2,5-6,12,14-15H,3-4,7-11,13H2,1H3,(H2,21,25)/t14-,15+/m1/s1. The number of nitrogens with two attached hydrogens (primary N) is 1. The predicted molar refractivity (Wildman–Crippen MR) is 103 cm³/mol. The summed E-state index contributed by atoms with van der Waals surface area (Å²) in [5, 5.41) is 0.738. The molecule has 0 bridgehead atoms. The lowest BCUT2D eigenvalue weighted by Gasteiger charge is -2.41. The molecule has 0 aromatic heterocycles. The third-order valence-corrected chi connectivity index (χ3v) is 5.76. The third kappa shape index (κ3) is 4.30. The summed E-state index contributed by atoms with van der Waals surface area (Å²) in [5.74, 6) is -0.406. The van der Waals surface area contributed by atoms with Crippen LogP contribution in [0.25, 0.3) is 0 Å². The number of anilines is 1. The number of nitrogens with zero attached hydrogens (tertiary/aromatic N) is 3. The summed E-state index contributed by atoms with van der Waals surface area (Å²) in [6, 6.07) is 7.70. The van der Waals surface area contributed by atoms with Gasteiger partial charge in [-0.2, -0.15) is 0 Å². The number of likely N-dealkylation sites (tertiary alicyclic amines) is 1. The fourth-order valence-corrected chi connectivity index (χ4v) is 4.05. The van der Waals surface area contributed by atoms with Gasteiger partial charge in [-0.3, -0.25) is 14.5 Å². The van der Waals surface area contributed by atoms with Crippen molar-refractivity contribution in [3.05, 3.63) is 29.3 Å². The first-order valence-corrected chi connectivity index (χ1v) is 9.66. The molecule has 1 aromatic rings. The van der Waals surface area contributed by atoms with Gasteiger partial charge in [0.2, 0.25) is 11.8 Å². The molecule has 2 amide bonds. The maximum Gasteiger partial charge on any atom is 0.239 e. The van der Waals surface area contributed by atoms with Crippen LogP contribution in [0.15, 0.2) is 24.3 Å². The number of carbonyl (C=O) groups excluding carboxylic acids is 2. The van der Waals surface area contributed by atoms with E-state index in [4.69, 9.17) is 17.3 Å². The van der Waals surface area contributed by atoms with Crippen LogP contribution in [-0.2, 0) is 9.59 Å². The summed E-state index contributed by atoms with van der Waals surface area (Å²) >= 11 is 6.08. The molecule has 2 aliphatic heterocycles. The number of hydrogen-bond acceptors (Lipinski definition) is 4. The molecule has 7 heteroatoms. The minimum absolute atomic E-state index is 0.104.